The maximum absolute atomic E-state index is 13.4. The van der Waals surface area contributed by atoms with E-state index in [1.54, 1.807) is 6.07 Å². The topological polar surface area (TPSA) is 149 Å². The summed E-state index contributed by atoms with van der Waals surface area (Å²) in [7, 11) is -2.81. The molecule has 1 unspecified atom stereocenters. The van der Waals surface area contributed by atoms with Crippen LogP contribution in [-0.4, -0.2) is 31.8 Å². The second-order valence-electron chi connectivity index (χ2n) is 5.65. The van der Waals surface area contributed by atoms with E-state index in [0.717, 1.165) is 11.1 Å². The number of nitriles is 1. The Balaban J connectivity index is 1.74. The Hall–Kier alpha value is -3.46. The Kier molecular flexibility index (Phi) is 5.04. The number of hydrogen-bond donors (Lipinski definition) is 3. The third-order valence-corrected chi connectivity index (χ3v) is 4.88. The van der Waals surface area contributed by atoms with Crippen LogP contribution in [0.25, 0.3) is 0 Å². The SMILES string of the molecule is CS(=O)(/C=C/Nc1nonc1/C(=N/O)N[C@H]1Cc2ccc(F)cc21)=NC#N. The molecule has 140 valence electrons. The number of aromatic nitrogens is 2. The van der Waals surface area contributed by atoms with Crippen molar-refractivity contribution in [2.75, 3.05) is 11.6 Å². The molecule has 12 heteroatoms. The number of nitrogens with one attached hydrogen (secondary N) is 2. The smallest absolute Gasteiger partial charge is 0.214 e. The van der Waals surface area contributed by atoms with Crippen molar-refractivity contribution in [3.8, 4) is 6.19 Å². The predicted molar refractivity (Wildman–Crippen MR) is 93.5 cm³/mol. The molecule has 3 rings (SSSR count). The minimum Gasteiger partial charge on any atom is -0.409 e. The molecule has 0 aliphatic heterocycles. The van der Waals surface area contributed by atoms with Crippen molar-refractivity contribution in [1.82, 2.24) is 15.6 Å². The quantitative estimate of drug-likeness (QED) is 0.229. The third-order valence-electron chi connectivity index (χ3n) is 3.79. The van der Waals surface area contributed by atoms with Crippen LogP contribution in [-0.2, 0) is 16.1 Å². The molecule has 27 heavy (non-hydrogen) atoms. The molecule has 0 amide bonds. The van der Waals surface area contributed by atoms with E-state index in [0.29, 0.717) is 6.42 Å². The normalized spacial score (nSPS) is 18.1. The molecule has 1 aromatic heterocycles. The zero-order valence-electron chi connectivity index (χ0n) is 14.0. The first-order valence-corrected chi connectivity index (χ1v) is 9.55. The van der Waals surface area contributed by atoms with Gasteiger partial charge in [-0.15, -0.1) is 4.36 Å². The Bertz CT molecular complexity index is 1080. The standard InChI is InChI=1S/C15H14FN7O3S/c1-27(25,19-8-17)5-4-18-14-13(22-26-23-14)15(21-24)20-12-6-9-2-3-10(16)7-11(9)12/h2-5,7,12,24H,6H2,1H3,(H,18,23)(H,20,21)/b5-4+/t12-,27?/m0/s1. The monoisotopic (exact) mass is 391 g/mol. The number of benzene rings is 1. The summed E-state index contributed by atoms with van der Waals surface area (Å²) in [5.74, 6) is -0.312. The lowest BCUT2D eigenvalue weighted by atomic mass is 9.83. The van der Waals surface area contributed by atoms with Gasteiger partial charge in [0.25, 0.3) is 0 Å². The molecule has 1 heterocycles. The minimum atomic E-state index is -2.81. The lowest BCUT2D eigenvalue weighted by Crippen LogP contribution is -2.36. The van der Waals surface area contributed by atoms with Gasteiger partial charge in [-0.3, -0.25) is 0 Å². The second-order valence-corrected chi connectivity index (χ2v) is 7.83. The van der Waals surface area contributed by atoms with Crippen LogP contribution in [0.1, 0.15) is 22.9 Å². The molecular formula is C15H14FN7O3S. The van der Waals surface area contributed by atoms with Gasteiger partial charge in [-0.1, -0.05) is 11.2 Å². The number of nitrogens with zero attached hydrogens (tertiary/aromatic N) is 5. The van der Waals surface area contributed by atoms with Gasteiger partial charge in [0.05, 0.1) is 15.8 Å². The van der Waals surface area contributed by atoms with Gasteiger partial charge < -0.3 is 15.8 Å². The van der Waals surface area contributed by atoms with E-state index in [-0.39, 0.29) is 29.2 Å². The molecule has 0 radical (unpaired) electrons. The maximum Gasteiger partial charge on any atom is 0.214 e. The summed E-state index contributed by atoms with van der Waals surface area (Å²) in [6.07, 6.45) is 4.64. The number of anilines is 1. The molecule has 0 fully saturated rings. The van der Waals surface area contributed by atoms with Crippen molar-refractivity contribution in [1.29, 1.82) is 5.26 Å². The van der Waals surface area contributed by atoms with Crippen LogP contribution < -0.4 is 10.6 Å². The number of rotatable bonds is 5. The number of hydrogen-bond acceptors (Lipinski definition) is 9. The van der Waals surface area contributed by atoms with Crippen LogP contribution in [0, 0.1) is 17.3 Å². The molecule has 0 saturated carbocycles. The van der Waals surface area contributed by atoms with Crippen molar-refractivity contribution in [2.45, 2.75) is 12.5 Å². The predicted octanol–water partition coefficient (Wildman–Crippen LogP) is 1.69. The Labute approximate surface area is 153 Å². The van der Waals surface area contributed by atoms with Crippen LogP contribution in [0.5, 0.6) is 0 Å². The van der Waals surface area contributed by atoms with E-state index in [1.165, 1.54) is 36.2 Å². The number of amidine groups is 1. The lowest BCUT2D eigenvalue weighted by molar-refractivity contribution is 0.303. The average molecular weight is 391 g/mol. The molecule has 2 atom stereocenters. The van der Waals surface area contributed by atoms with Gasteiger partial charge in [-0.05, 0) is 40.0 Å². The Morgan fingerprint density at radius 3 is 3.11 bits per heavy atom. The molecule has 0 saturated heterocycles. The fourth-order valence-corrected chi connectivity index (χ4v) is 3.05. The van der Waals surface area contributed by atoms with Gasteiger partial charge in [-0.2, -0.15) is 5.26 Å². The van der Waals surface area contributed by atoms with Crippen molar-refractivity contribution in [3.63, 3.8) is 0 Å². The van der Waals surface area contributed by atoms with Crippen LogP contribution in [0.2, 0.25) is 0 Å². The lowest BCUT2D eigenvalue weighted by Gasteiger charge is -2.31. The highest BCUT2D eigenvalue weighted by molar-refractivity contribution is 7.95. The summed E-state index contributed by atoms with van der Waals surface area (Å²) < 4.78 is 33.2. The van der Waals surface area contributed by atoms with E-state index in [9.17, 15) is 13.8 Å². The maximum atomic E-state index is 13.4. The first-order valence-electron chi connectivity index (χ1n) is 7.56. The third kappa shape index (κ3) is 4.04. The van der Waals surface area contributed by atoms with Gasteiger partial charge in [0, 0.05) is 17.9 Å². The molecule has 0 spiro atoms. The van der Waals surface area contributed by atoms with Crippen LogP contribution in [0.4, 0.5) is 10.2 Å². The van der Waals surface area contributed by atoms with Crippen LogP contribution in [0.3, 0.4) is 0 Å². The Morgan fingerprint density at radius 1 is 1.56 bits per heavy atom. The Morgan fingerprint density at radius 2 is 2.37 bits per heavy atom. The summed E-state index contributed by atoms with van der Waals surface area (Å²) in [4.78, 5) is 0. The first kappa shape index (κ1) is 18.3. The second kappa shape index (κ2) is 7.42. The summed E-state index contributed by atoms with van der Waals surface area (Å²) in [6, 6.07) is 4.23. The molecule has 0 bridgehead atoms. The highest BCUT2D eigenvalue weighted by Crippen LogP contribution is 2.33. The molecule has 1 aliphatic carbocycles. The van der Waals surface area contributed by atoms with Gasteiger partial charge in [-0.25, -0.2) is 13.2 Å². The van der Waals surface area contributed by atoms with Crippen molar-refractivity contribution in [2.24, 2.45) is 9.52 Å². The van der Waals surface area contributed by atoms with Gasteiger partial charge in [0.2, 0.25) is 12.0 Å². The molecule has 3 N–H and O–H groups in total. The highest BCUT2D eigenvalue weighted by atomic mass is 32.2. The van der Waals surface area contributed by atoms with E-state index >= 15 is 0 Å². The molecule has 1 aromatic carbocycles. The van der Waals surface area contributed by atoms with E-state index in [4.69, 9.17) is 5.26 Å². The molecule has 10 nitrogen and oxygen atoms in total. The van der Waals surface area contributed by atoms with Gasteiger partial charge in [0.15, 0.2) is 11.5 Å². The zero-order chi connectivity index (χ0) is 19.4. The fourth-order valence-electron chi connectivity index (χ4n) is 2.50. The minimum absolute atomic E-state index is 0.0361. The van der Waals surface area contributed by atoms with E-state index in [2.05, 4.69) is 35.1 Å². The fraction of sp³-hybridized carbons (Fsp3) is 0.200. The summed E-state index contributed by atoms with van der Waals surface area (Å²) in [6.45, 7) is 0. The molecular weight excluding hydrogens is 377 g/mol. The summed E-state index contributed by atoms with van der Waals surface area (Å²) >= 11 is 0. The molecule has 1 aliphatic rings. The zero-order valence-corrected chi connectivity index (χ0v) is 14.8. The van der Waals surface area contributed by atoms with Crippen molar-refractivity contribution in [3.05, 3.63) is 52.4 Å². The van der Waals surface area contributed by atoms with Crippen molar-refractivity contribution < 1.29 is 18.4 Å². The number of halogens is 1. The van der Waals surface area contributed by atoms with Crippen molar-refractivity contribution >= 4 is 21.4 Å². The number of oxime groups is 1. The summed E-state index contributed by atoms with van der Waals surface area (Å²) in [5, 5.41) is 35.0. The van der Waals surface area contributed by atoms with Gasteiger partial charge >= 0.3 is 0 Å². The average Bonchev–Trinajstić information content (AvgIpc) is 3.06. The highest BCUT2D eigenvalue weighted by Gasteiger charge is 2.29. The molecule has 2 aromatic rings. The van der Waals surface area contributed by atoms with Crippen LogP contribution >= 0.6 is 0 Å². The van der Waals surface area contributed by atoms with Crippen LogP contribution in [0.15, 0.2) is 44.0 Å². The summed E-state index contributed by atoms with van der Waals surface area (Å²) in [5.41, 5.74) is 1.81. The number of fused-ring (bicyclic) bond motifs is 1. The largest absolute Gasteiger partial charge is 0.409 e. The van der Waals surface area contributed by atoms with E-state index in [1.807, 2.05) is 0 Å². The van der Waals surface area contributed by atoms with E-state index < -0.39 is 9.73 Å². The first-order chi connectivity index (χ1) is 12.9. The van der Waals surface area contributed by atoms with Gasteiger partial charge in [0.1, 0.15) is 5.82 Å².